The number of nitriles is 1. The first kappa shape index (κ1) is 18.1. The van der Waals surface area contributed by atoms with Gasteiger partial charge in [0.2, 0.25) is 0 Å². The van der Waals surface area contributed by atoms with Crippen LogP contribution in [0.1, 0.15) is 19.3 Å². The fourth-order valence-corrected chi connectivity index (χ4v) is 3.56. The zero-order chi connectivity index (χ0) is 18.4. The van der Waals surface area contributed by atoms with Gasteiger partial charge in [-0.2, -0.15) is 5.26 Å². The normalized spacial score (nSPS) is 18.5. The van der Waals surface area contributed by atoms with Crippen LogP contribution in [0.4, 0.5) is 5.69 Å². The van der Waals surface area contributed by atoms with Crippen LogP contribution in [-0.2, 0) is 4.79 Å². The van der Waals surface area contributed by atoms with Gasteiger partial charge in [0.05, 0.1) is 12.8 Å². The Morgan fingerprint density at radius 1 is 1.08 bits per heavy atom. The number of anilines is 1. The van der Waals surface area contributed by atoms with Gasteiger partial charge in [-0.15, -0.1) is 0 Å². The van der Waals surface area contributed by atoms with Crippen molar-refractivity contribution in [3.63, 3.8) is 0 Å². The standard InChI is InChI=1S/C20H26N4O2/c1-26-19-8-4-3-7-18(19)23-13-11-22(12-14-23)16-17(15-21)20(25)24-9-5-2-6-10-24/h3-4,7-8,16H,2,5-6,9-14H2,1H3/b17-16-. The third kappa shape index (κ3) is 4.10. The molecule has 1 aromatic rings. The number of hydrogen-bond donors (Lipinski definition) is 0. The van der Waals surface area contributed by atoms with Crippen LogP contribution >= 0.6 is 0 Å². The molecule has 2 aliphatic heterocycles. The average Bonchev–Trinajstić information content (AvgIpc) is 2.72. The number of para-hydroxylation sites is 2. The van der Waals surface area contributed by atoms with Crippen molar-refractivity contribution in [2.45, 2.75) is 19.3 Å². The number of methoxy groups -OCH3 is 1. The maximum atomic E-state index is 12.6. The highest BCUT2D eigenvalue weighted by molar-refractivity contribution is 5.97. The lowest BCUT2D eigenvalue weighted by Crippen LogP contribution is -2.45. The Morgan fingerprint density at radius 3 is 2.42 bits per heavy atom. The van der Waals surface area contributed by atoms with E-state index in [1.807, 2.05) is 23.1 Å². The van der Waals surface area contributed by atoms with Crippen molar-refractivity contribution in [2.75, 3.05) is 51.3 Å². The second-order valence-corrected chi connectivity index (χ2v) is 6.70. The molecule has 0 spiro atoms. The smallest absolute Gasteiger partial charge is 0.266 e. The molecule has 2 aliphatic rings. The largest absolute Gasteiger partial charge is 0.495 e. The molecule has 0 aliphatic carbocycles. The third-order valence-corrected chi connectivity index (χ3v) is 5.05. The maximum absolute atomic E-state index is 12.6. The number of carbonyl (C=O) groups is 1. The third-order valence-electron chi connectivity index (χ3n) is 5.05. The second kappa shape index (κ2) is 8.61. The molecule has 0 saturated carbocycles. The summed E-state index contributed by atoms with van der Waals surface area (Å²) in [6.45, 7) is 4.73. The number of rotatable bonds is 4. The number of carbonyl (C=O) groups excluding carboxylic acids is 1. The van der Waals surface area contributed by atoms with E-state index >= 15 is 0 Å². The fraction of sp³-hybridized carbons (Fsp3) is 0.500. The van der Waals surface area contributed by atoms with Crippen molar-refractivity contribution < 1.29 is 9.53 Å². The number of ether oxygens (including phenoxy) is 1. The van der Waals surface area contributed by atoms with Gasteiger partial charge in [0.25, 0.3) is 5.91 Å². The Kier molecular flexibility index (Phi) is 6.00. The molecule has 0 unspecified atom stereocenters. The number of hydrogen-bond acceptors (Lipinski definition) is 5. The number of nitrogens with zero attached hydrogens (tertiary/aromatic N) is 4. The molecule has 6 nitrogen and oxygen atoms in total. The van der Waals surface area contributed by atoms with E-state index in [0.717, 1.165) is 63.5 Å². The minimum absolute atomic E-state index is 0.126. The Morgan fingerprint density at radius 2 is 1.77 bits per heavy atom. The first-order chi connectivity index (χ1) is 12.7. The summed E-state index contributed by atoms with van der Waals surface area (Å²) < 4.78 is 5.45. The van der Waals surface area contributed by atoms with Gasteiger partial charge in [-0.3, -0.25) is 4.79 Å². The number of amides is 1. The highest BCUT2D eigenvalue weighted by Crippen LogP contribution is 2.28. The lowest BCUT2D eigenvalue weighted by molar-refractivity contribution is -0.127. The lowest BCUT2D eigenvalue weighted by Gasteiger charge is -2.36. The molecule has 2 saturated heterocycles. The van der Waals surface area contributed by atoms with E-state index in [2.05, 4.69) is 21.9 Å². The van der Waals surface area contributed by atoms with Crippen LogP contribution in [0.15, 0.2) is 36.0 Å². The molecule has 1 amide bonds. The molecule has 2 fully saturated rings. The summed E-state index contributed by atoms with van der Waals surface area (Å²) >= 11 is 0. The Bertz CT molecular complexity index is 696. The van der Waals surface area contributed by atoms with Crippen molar-refractivity contribution in [1.29, 1.82) is 5.26 Å². The van der Waals surface area contributed by atoms with Crippen molar-refractivity contribution in [3.05, 3.63) is 36.0 Å². The highest BCUT2D eigenvalue weighted by Gasteiger charge is 2.23. The van der Waals surface area contributed by atoms with Gasteiger partial charge in [0.1, 0.15) is 17.4 Å². The van der Waals surface area contributed by atoms with Crippen molar-refractivity contribution in [3.8, 4) is 11.8 Å². The van der Waals surface area contributed by atoms with E-state index in [1.165, 1.54) is 6.42 Å². The second-order valence-electron chi connectivity index (χ2n) is 6.70. The molecule has 3 rings (SSSR count). The van der Waals surface area contributed by atoms with E-state index in [0.29, 0.717) is 0 Å². The number of piperazine rings is 1. The minimum atomic E-state index is -0.126. The van der Waals surface area contributed by atoms with Gasteiger partial charge in [0, 0.05) is 45.5 Å². The van der Waals surface area contributed by atoms with Crippen molar-refractivity contribution in [1.82, 2.24) is 9.80 Å². The summed E-state index contributed by atoms with van der Waals surface area (Å²) in [6, 6.07) is 10.1. The summed E-state index contributed by atoms with van der Waals surface area (Å²) in [6.07, 6.45) is 4.97. The van der Waals surface area contributed by atoms with Gasteiger partial charge in [0.15, 0.2) is 0 Å². The molecule has 26 heavy (non-hydrogen) atoms. The predicted octanol–water partition coefficient (Wildman–Crippen LogP) is 2.24. The number of benzene rings is 1. The molecule has 0 radical (unpaired) electrons. The van der Waals surface area contributed by atoms with E-state index in [4.69, 9.17) is 4.74 Å². The molecule has 0 bridgehead atoms. The van der Waals surface area contributed by atoms with E-state index in [1.54, 1.807) is 13.3 Å². The quantitative estimate of drug-likeness (QED) is 0.613. The summed E-state index contributed by atoms with van der Waals surface area (Å²) in [5, 5.41) is 9.44. The first-order valence-corrected chi connectivity index (χ1v) is 9.26. The van der Waals surface area contributed by atoms with Crippen molar-refractivity contribution >= 4 is 11.6 Å². The Labute approximate surface area is 155 Å². The summed E-state index contributed by atoms with van der Waals surface area (Å²) in [7, 11) is 1.68. The van der Waals surface area contributed by atoms with Gasteiger partial charge < -0.3 is 19.4 Å². The lowest BCUT2D eigenvalue weighted by atomic mass is 10.1. The van der Waals surface area contributed by atoms with Crippen LogP contribution < -0.4 is 9.64 Å². The van der Waals surface area contributed by atoms with E-state index < -0.39 is 0 Å². The summed E-state index contributed by atoms with van der Waals surface area (Å²) in [4.78, 5) is 18.7. The zero-order valence-electron chi connectivity index (χ0n) is 15.4. The molecule has 0 atom stereocenters. The molecular weight excluding hydrogens is 328 g/mol. The van der Waals surface area contributed by atoms with Gasteiger partial charge in [-0.25, -0.2) is 0 Å². The Hall–Kier alpha value is -2.68. The van der Waals surface area contributed by atoms with Crippen LogP contribution in [0, 0.1) is 11.3 Å². The highest BCUT2D eigenvalue weighted by atomic mass is 16.5. The van der Waals surface area contributed by atoms with Gasteiger partial charge in [-0.1, -0.05) is 12.1 Å². The molecule has 0 N–H and O–H groups in total. The maximum Gasteiger partial charge on any atom is 0.266 e. The topological polar surface area (TPSA) is 59.8 Å². The Balaban J connectivity index is 1.62. The van der Waals surface area contributed by atoms with Crippen LogP contribution in [0.2, 0.25) is 0 Å². The van der Waals surface area contributed by atoms with Gasteiger partial charge >= 0.3 is 0 Å². The van der Waals surface area contributed by atoms with Gasteiger partial charge in [-0.05, 0) is 31.4 Å². The van der Waals surface area contributed by atoms with E-state index in [-0.39, 0.29) is 11.5 Å². The SMILES string of the molecule is COc1ccccc1N1CCN(/C=C(/C#N)C(=O)N2CCCCC2)CC1. The molecule has 1 aromatic carbocycles. The van der Waals surface area contributed by atoms with E-state index in [9.17, 15) is 10.1 Å². The van der Waals surface area contributed by atoms with Crippen LogP contribution in [0.3, 0.4) is 0 Å². The van der Waals surface area contributed by atoms with Crippen LogP contribution in [-0.4, -0.2) is 62.1 Å². The minimum Gasteiger partial charge on any atom is -0.495 e. The molecule has 6 heteroatoms. The predicted molar refractivity (Wildman–Crippen MR) is 101 cm³/mol. The molecule has 0 aromatic heterocycles. The zero-order valence-corrected chi connectivity index (χ0v) is 15.4. The van der Waals surface area contributed by atoms with Crippen molar-refractivity contribution in [2.24, 2.45) is 0 Å². The summed E-state index contributed by atoms with van der Waals surface area (Å²) in [5.41, 5.74) is 1.33. The van der Waals surface area contributed by atoms with Crippen LogP contribution in [0.5, 0.6) is 5.75 Å². The number of likely N-dealkylation sites (tertiary alicyclic amines) is 1. The molecular formula is C20H26N4O2. The molecule has 2 heterocycles. The monoisotopic (exact) mass is 354 g/mol. The average molecular weight is 354 g/mol. The fourth-order valence-electron chi connectivity index (χ4n) is 3.56. The first-order valence-electron chi connectivity index (χ1n) is 9.26. The van der Waals surface area contributed by atoms with Crippen LogP contribution in [0.25, 0.3) is 0 Å². The molecule has 138 valence electrons. The number of piperidine rings is 1. The summed E-state index contributed by atoms with van der Waals surface area (Å²) in [5.74, 6) is 0.744.